The SMILES string of the molecule is CCC(C)n1nccc1NS(=O)(=O)c1c(C)nn(CC)c1C. The maximum Gasteiger partial charge on any atom is 0.266 e. The quantitative estimate of drug-likeness (QED) is 0.884. The van der Waals surface area contributed by atoms with Gasteiger partial charge in [0.2, 0.25) is 0 Å². The topological polar surface area (TPSA) is 81.8 Å². The zero-order valence-electron chi connectivity index (χ0n) is 13.7. The van der Waals surface area contributed by atoms with Crippen LogP contribution in [0.2, 0.25) is 0 Å². The van der Waals surface area contributed by atoms with E-state index in [1.54, 1.807) is 35.5 Å². The highest BCUT2D eigenvalue weighted by Crippen LogP contribution is 2.24. The summed E-state index contributed by atoms with van der Waals surface area (Å²) in [4.78, 5) is 0.242. The number of nitrogens with one attached hydrogen (secondary N) is 1. The van der Waals surface area contributed by atoms with Gasteiger partial charge in [-0.15, -0.1) is 0 Å². The summed E-state index contributed by atoms with van der Waals surface area (Å²) >= 11 is 0. The van der Waals surface area contributed by atoms with Crippen LogP contribution >= 0.6 is 0 Å². The molecule has 2 aromatic heterocycles. The van der Waals surface area contributed by atoms with Gasteiger partial charge < -0.3 is 0 Å². The summed E-state index contributed by atoms with van der Waals surface area (Å²) in [5.74, 6) is 0.470. The zero-order valence-corrected chi connectivity index (χ0v) is 14.5. The molecule has 0 amide bonds. The van der Waals surface area contributed by atoms with E-state index in [-0.39, 0.29) is 10.9 Å². The first-order valence-corrected chi connectivity index (χ1v) is 8.90. The highest BCUT2D eigenvalue weighted by Gasteiger charge is 2.25. The average Bonchev–Trinajstić information content (AvgIpc) is 3.01. The van der Waals surface area contributed by atoms with Crippen LogP contribution in [0.1, 0.15) is 44.6 Å². The van der Waals surface area contributed by atoms with Gasteiger partial charge in [0, 0.05) is 12.6 Å². The minimum absolute atomic E-state index is 0.119. The molecule has 0 aromatic carbocycles. The van der Waals surface area contributed by atoms with E-state index in [0.717, 1.165) is 6.42 Å². The number of hydrogen-bond acceptors (Lipinski definition) is 4. The van der Waals surface area contributed by atoms with Gasteiger partial charge in [0.15, 0.2) is 0 Å². The third-order valence-electron chi connectivity index (χ3n) is 3.80. The lowest BCUT2D eigenvalue weighted by Crippen LogP contribution is -2.19. The Balaban J connectivity index is 2.41. The van der Waals surface area contributed by atoms with E-state index in [0.29, 0.717) is 23.8 Å². The third kappa shape index (κ3) is 2.87. The fraction of sp³-hybridized carbons (Fsp3) is 0.571. The van der Waals surface area contributed by atoms with E-state index in [1.165, 1.54) is 0 Å². The van der Waals surface area contributed by atoms with Gasteiger partial charge in [0.25, 0.3) is 10.0 Å². The molecule has 0 bridgehead atoms. The minimum atomic E-state index is -3.69. The van der Waals surface area contributed by atoms with Crippen molar-refractivity contribution in [2.24, 2.45) is 0 Å². The predicted octanol–water partition coefficient (Wildman–Crippen LogP) is 2.49. The molecule has 0 saturated heterocycles. The third-order valence-corrected chi connectivity index (χ3v) is 5.41. The summed E-state index contributed by atoms with van der Waals surface area (Å²) in [6.45, 7) is 10.1. The molecule has 122 valence electrons. The second-order valence-corrected chi connectivity index (χ2v) is 6.96. The molecule has 0 aliphatic heterocycles. The molecule has 0 fully saturated rings. The normalized spacial score (nSPS) is 13.3. The van der Waals surface area contributed by atoms with Crippen molar-refractivity contribution in [3.05, 3.63) is 23.7 Å². The zero-order chi connectivity index (χ0) is 16.5. The molecule has 7 nitrogen and oxygen atoms in total. The second kappa shape index (κ2) is 6.12. The van der Waals surface area contributed by atoms with Crippen LogP contribution in [0.25, 0.3) is 0 Å². The number of aryl methyl sites for hydroxylation is 2. The summed E-state index contributed by atoms with van der Waals surface area (Å²) in [6.07, 6.45) is 2.46. The van der Waals surface area contributed by atoms with Crippen molar-refractivity contribution in [3.8, 4) is 0 Å². The molecule has 1 atom stereocenters. The second-order valence-electron chi connectivity index (χ2n) is 5.34. The molecule has 1 N–H and O–H groups in total. The molecule has 22 heavy (non-hydrogen) atoms. The number of rotatable bonds is 6. The van der Waals surface area contributed by atoms with Crippen LogP contribution in [-0.4, -0.2) is 28.0 Å². The molecule has 1 unspecified atom stereocenters. The van der Waals surface area contributed by atoms with Gasteiger partial charge in [-0.3, -0.25) is 9.40 Å². The number of hydrogen-bond donors (Lipinski definition) is 1. The molecular formula is C14H23N5O2S. The molecular weight excluding hydrogens is 302 g/mol. The van der Waals surface area contributed by atoms with Crippen molar-refractivity contribution >= 4 is 15.8 Å². The molecule has 0 aliphatic carbocycles. The molecule has 2 heterocycles. The van der Waals surface area contributed by atoms with Crippen LogP contribution in [0.5, 0.6) is 0 Å². The average molecular weight is 325 g/mol. The van der Waals surface area contributed by atoms with Crippen molar-refractivity contribution in [2.45, 2.75) is 58.5 Å². The predicted molar refractivity (Wildman–Crippen MR) is 85.4 cm³/mol. The van der Waals surface area contributed by atoms with Gasteiger partial charge in [-0.1, -0.05) is 6.92 Å². The Labute approximate surface area is 131 Å². The molecule has 2 rings (SSSR count). The molecule has 8 heteroatoms. The van der Waals surface area contributed by atoms with Gasteiger partial charge >= 0.3 is 0 Å². The Morgan fingerprint density at radius 1 is 1.32 bits per heavy atom. The van der Waals surface area contributed by atoms with E-state index >= 15 is 0 Å². The fourth-order valence-corrected chi connectivity index (χ4v) is 3.95. The minimum Gasteiger partial charge on any atom is -0.268 e. The lowest BCUT2D eigenvalue weighted by atomic mass is 10.3. The largest absolute Gasteiger partial charge is 0.268 e. The van der Waals surface area contributed by atoms with Crippen LogP contribution in [-0.2, 0) is 16.6 Å². The van der Waals surface area contributed by atoms with Crippen LogP contribution in [0.4, 0.5) is 5.82 Å². The molecule has 0 saturated carbocycles. The molecule has 2 aromatic rings. The van der Waals surface area contributed by atoms with Crippen molar-refractivity contribution < 1.29 is 8.42 Å². The fourth-order valence-electron chi connectivity index (χ4n) is 2.49. The number of aromatic nitrogens is 4. The summed E-state index contributed by atoms with van der Waals surface area (Å²) in [5, 5.41) is 8.47. The van der Waals surface area contributed by atoms with E-state index in [9.17, 15) is 8.42 Å². The van der Waals surface area contributed by atoms with Crippen LogP contribution in [0, 0.1) is 13.8 Å². The standard InChI is InChI=1S/C14H23N5O2S/c1-6-10(3)19-13(8-9-15-19)17-22(20,21)14-11(4)16-18(7-2)12(14)5/h8-10,17H,6-7H2,1-5H3. The highest BCUT2D eigenvalue weighted by molar-refractivity contribution is 7.92. The lowest BCUT2D eigenvalue weighted by Gasteiger charge is -2.15. The Kier molecular flexibility index (Phi) is 4.60. The Morgan fingerprint density at radius 2 is 2.00 bits per heavy atom. The highest BCUT2D eigenvalue weighted by atomic mass is 32.2. The summed E-state index contributed by atoms with van der Waals surface area (Å²) < 4.78 is 31.5. The Hall–Kier alpha value is -1.83. The maximum absolute atomic E-state index is 12.7. The van der Waals surface area contributed by atoms with Crippen LogP contribution in [0.15, 0.2) is 17.2 Å². The maximum atomic E-state index is 12.7. The lowest BCUT2D eigenvalue weighted by molar-refractivity contribution is 0.484. The summed E-state index contributed by atoms with van der Waals surface area (Å²) in [7, 11) is -3.69. The summed E-state index contributed by atoms with van der Waals surface area (Å²) in [5.41, 5.74) is 1.14. The van der Waals surface area contributed by atoms with Crippen LogP contribution in [0.3, 0.4) is 0 Å². The monoisotopic (exact) mass is 325 g/mol. The van der Waals surface area contributed by atoms with Crippen LogP contribution < -0.4 is 4.72 Å². The van der Waals surface area contributed by atoms with Gasteiger partial charge in [-0.2, -0.15) is 10.2 Å². The van der Waals surface area contributed by atoms with Gasteiger partial charge in [0.1, 0.15) is 10.7 Å². The molecule has 0 spiro atoms. The smallest absolute Gasteiger partial charge is 0.266 e. The Bertz CT molecular complexity index is 760. The van der Waals surface area contributed by atoms with E-state index in [4.69, 9.17) is 0 Å². The Morgan fingerprint density at radius 3 is 2.55 bits per heavy atom. The van der Waals surface area contributed by atoms with E-state index in [1.807, 2.05) is 20.8 Å². The van der Waals surface area contributed by atoms with E-state index < -0.39 is 10.0 Å². The number of nitrogens with zero attached hydrogens (tertiary/aromatic N) is 4. The summed E-state index contributed by atoms with van der Waals surface area (Å²) in [6, 6.07) is 1.78. The van der Waals surface area contributed by atoms with Crippen molar-refractivity contribution in [2.75, 3.05) is 4.72 Å². The molecule has 0 radical (unpaired) electrons. The van der Waals surface area contributed by atoms with Crippen molar-refractivity contribution in [3.63, 3.8) is 0 Å². The van der Waals surface area contributed by atoms with Crippen molar-refractivity contribution in [1.29, 1.82) is 0 Å². The van der Waals surface area contributed by atoms with Crippen molar-refractivity contribution in [1.82, 2.24) is 19.6 Å². The first-order chi connectivity index (χ1) is 10.3. The first-order valence-electron chi connectivity index (χ1n) is 7.42. The molecule has 0 aliphatic rings. The van der Waals surface area contributed by atoms with Gasteiger partial charge in [-0.05, 0) is 34.1 Å². The first kappa shape index (κ1) is 16.5. The van der Waals surface area contributed by atoms with E-state index in [2.05, 4.69) is 14.9 Å². The number of sulfonamides is 1. The number of anilines is 1. The van der Waals surface area contributed by atoms with Gasteiger partial charge in [0.05, 0.1) is 23.6 Å². The van der Waals surface area contributed by atoms with Gasteiger partial charge in [-0.25, -0.2) is 13.1 Å².